The van der Waals surface area contributed by atoms with Gasteiger partial charge in [0.05, 0.1) is 16.1 Å². The molecule has 1 amide bonds. The van der Waals surface area contributed by atoms with E-state index < -0.39 is 10.0 Å². The fraction of sp³-hybridized carbons (Fsp3) is 0.143. The smallest absolute Gasteiger partial charge is 0.272 e. The van der Waals surface area contributed by atoms with Crippen LogP contribution in [0.1, 0.15) is 10.5 Å². The van der Waals surface area contributed by atoms with Crippen LogP contribution in [0.15, 0.2) is 95.9 Å². The number of fused-ring (bicyclic) bond motifs is 3. The summed E-state index contributed by atoms with van der Waals surface area (Å²) in [5, 5.41) is 1.97. The van der Waals surface area contributed by atoms with Crippen LogP contribution in [0.2, 0.25) is 0 Å². The minimum atomic E-state index is -3.59. The number of hydrogen-bond acceptors (Lipinski definition) is 4. The van der Waals surface area contributed by atoms with E-state index in [0.29, 0.717) is 18.8 Å². The van der Waals surface area contributed by atoms with Crippen molar-refractivity contribution in [3.05, 3.63) is 96.7 Å². The SMILES string of the molecule is O=C(c1cc2c([nH]c3ccccc32)c(-c2ccccc2)n1)N1CCN(S(=O)(=O)c2ccccc2)CC1. The third-order valence-electron chi connectivity index (χ3n) is 6.67. The lowest BCUT2D eigenvalue weighted by atomic mass is 10.1. The van der Waals surface area contributed by atoms with Crippen molar-refractivity contribution in [2.24, 2.45) is 0 Å². The molecule has 0 spiro atoms. The highest BCUT2D eigenvalue weighted by molar-refractivity contribution is 7.89. The maximum atomic E-state index is 13.6. The maximum absolute atomic E-state index is 13.6. The molecule has 0 bridgehead atoms. The molecule has 6 rings (SSSR count). The molecule has 7 nitrogen and oxygen atoms in total. The van der Waals surface area contributed by atoms with Crippen LogP contribution in [0.5, 0.6) is 0 Å². The number of hydrogen-bond donors (Lipinski definition) is 1. The summed E-state index contributed by atoms with van der Waals surface area (Å²) in [4.78, 5) is 23.8. The largest absolute Gasteiger partial charge is 0.353 e. The van der Waals surface area contributed by atoms with Gasteiger partial charge in [0.1, 0.15) is 5.69 Å². The van der Waals surface area contributed by atoms with Gasteiger partial charge in [-0.25, -0.2) is 13.4 Å². The predicted molar refractivity (Wildman–Crippen MR) is 140 cm³/mol. The van der Waals surface area contributed by atoms with Gasteiger partial charge in [0.25, 0.3) is 5.91 Å². The van der Waals surface area contributed by atoms with Crippen molar-refractivity contribution in [3.8, 4) is 11.3 Å². The fourth-order valence-electron chi connectivity index (χ4n) is 4.80. The summed E-state index contributed by atoms with van der Waals surface area (Å²) < 4.78 is 27.4. The van der Waals surface area contributed by atoms with Gasteiger partial charge in [-0.3, -0.25) is 4.79 Å². The standard InChI is InChI=1S/C28H24N4O3S/c33-28(31-15-17-32(18-16-31)36(34,35)21-11-5-2-6-12-21)25-19-23-22-13-7-8-14-24(22)29-27(23)26(30-25)20-9-3-1-4-10-20/h1-14,19,29H,15-18H2. The zero-order valence-electron chi connectivity index (χ0n) is 19.5. The highest BCUT2D eigenvalue weighted by Crippen LogP contribution is 2.33. The molecule has 1 N–H and O–H groups in total. The summed E-state index contributed by atoms with van der Waals surface area (Å²) >= 11 is 0. The summed E-state index contributed by atoms with van der Waals surface area (Å²) in [5.74, 6) is -0.198. The molecule has 0 radical (unpaired) electrons. The molecule has 1 aliphatic rings. The van der Waals surface area contributed by atoms with Crippen LogP contribution >= 0.6 is 0 Å². The van der Waals surface area contributed by atoms with E-state index in [2.05, 4.69) is 4.98 Å². The van der Waals surface area contributed by atoms with Crippen LogP contribution in [0.25, 0.3) is 33.1 Å². The molecule has 0 saturated carbocycles. The minimum absolute atomic E-state index is 0.198. The Morgan fingerprint density at radius 1 is 0.778 bits per heavy atom. The molecular formula is C28H24N4O3S. The number of rotatable bonds is 4. The van der Waals surface area contributed by atoms with Crippen LogP contribution in [0.3, 0.4) is 0 Å². The summed E-state index contributed by atoms with van der Waals surface area (Å²) in [7, 11) is -3.59. The van der Waals surface area contributed by atoms with Crippen molar-refractivity contribution in [2.75, 3.05) is 26.2 Å². The third-order valence-corrected chi connectivity index (χ3v) is 8.58. The summed E-state index contributed by atoms with van der Waals surface area (Å²) in [6.45, 7) is 1.09. The number of benzene rings is 3. The van der Waals surface area contributed by atoms with Crippen molar-refractivity contribution in [1.29, 1.82) is 0 Å². The normalized spacial score (nSPS) is 14.9. The van der Waals surface area contributed by atoms with E-state index in [1.54, 1.807) is 35.2 Å². The second-order valence-corrected chi connectivity index (χ2v) is 10.8. The number of aromatic amines is 1. The van der Waals surface area contributed by atoms with Gasteiger partial charge < -0.3 is 9.88 Å². The Labute approximate surface area is 209 Å². The Bertz CT molecular complexity index is 1670. The number of carbonyl (C=O) groups is 1. The molecule has 36 heavy (non-hydrogen) atoms. The number of sulfonamides is 1. The number of carbonyl (C=O) groups excluding carboxylic acids is 1. The predicted octanol–water partition coefficient (Wildman–Crippen LogP) is 4.53. The van der Waals surface area contributed by atoms with Crippen molar-refractivity contribution < 1.29 is 13.2 Å². The van der Waals surface area contributed by atoms with Crippen LogP contribution in [-0.4, -0.2) is 59.7 Å². The van der Waals surface area contributed by atoms with Crippen LogP contribution in [0, 0.1) is 0 Å². The molecule has 2 aromatic heterocycles. The van der Waals surface area contributed by atoms with E-state index >= 15 is 0 Å². The molecule has 8 heteroatoms. The Hall–Kier alpha value is -4.01. The number of amides is 1. The highest BCUT2D eigenvalue weighted by atomic mass is 32.2. The average Bonchev–Trinajstić information content (AvgIpc) is 3.32. The number of H-pyrrole nitrogens is 1. The van der Waals surface area contributed by atoms with Crippen LogP contribution in [0.4, 0.5) is 0 Å². The van der Waals surface area contributed by atoms with Crippen LogP contribution in [-0.2, 0) is 10.0 Å². The number of piperazine rings is 1. The summed E-state index contributed by atoms with van der Waals surface area (Å²) in [6, 6.07) is 28.1. The van der Waals surface area contributed by atoms with E-state index in [0.717, 1.165) is 33.1 Å². The Morgan fingerprint density at radius 2 is 1.42 bits per heavy atom. The van der Waals surface area contributed by atoms with Crippen molar-refractivity contribution in [3.63, 3.8) is 0 Å². The van der Waals surface area contributed by atoms with E-state index in [9.17, 15) is 13.2 Å². The fourth-order valence-corrected chi connectivity index (χ4v) is 6.24. The van der Waals surface area contributed by atoms with Gasteiger partial charge in [0.15, 0.2) is 0 Å². The number of nitrogens with zero attached hydrogens (tertiary/aromatic N) is 3. The van der Waals surface area contributed by atoms with Gasteiger partial charge in [-0.05, 0) is 24.3 Å². The molecule has 5 aromatic rings. The van der Waals surface area contributed by atoms with Gasteiger partial charge >= 0.3 is 0 Å². The van der Waals surface area contributed by atoms with Crippen molar-refractivity contribution in [1.82, 2.24) is 19.2 Å². The second kappa shape index (κ2) is 8.89. The van der Waals surface area contributed by atoms with Gasteiger partial charge in [-0.15, -0.1) is 0 Å². The Balaban J connectivity index is 1.33. The molecule has 1 fully saturated rings. The Morgan fingerprint density at radius 3 is 2.14 bits per heavy atom. The maximum Gasteiger partial charge on any atom is 0.272 e. The molecule has 1 aliphatic heterocycles. The zero-order valence-corrected chi connectivity index (χ0v) is 20.3. The van der Waals surface area contributed by atoms with Crippen molar-refractivity contribution >= 4 is 37.7 Å². The zero-order chi connectivity index (χ0) is 24.7. The molecule has 0 aliphatic carbocycles. The van der Waals surface area contributed by atoms with E-state index in [1.165, 1.54) is 4.31 Å². The molecule has 1 saturated heterocycles. The molecule has 3 aromatic carbocycles. The minimum Gasteiger partial charge on any atom is -0.353 e. The highest BCUT2D eigenvalue weighted by Gasteiger charge is 2.31. The number of pyridine rings is 1. The first-order valence-electron chi connectivity index (χ1n) is 11.8. The average molecular weight is 497 g/mol. The first-order valence-corrected chi connectivity index (χ1v) is 13.3. The molecule has 180 valence electrons. The summed E-state index contributed by atoms with van der Waals surface area (Å²) in [5.41, 5.74) is 3.86. The first kappa shape index (κ1) is 22.5. The number of para-hydroxylation sites is 1. The van der Waals surface area contributed by atoms with E-state index in [1.807, 2.05) is 60.7 Å². The number of nitrogens with one attached hydrogen (secondary N) is 1. The molecule has 0 atom stereocenters. The monoisotopic (exact) mass is 496 g/mol. The third kappa shape index (κ3) is 3.84. The topological polar surface area (TPSA) is 86.4 Å². The van der Waals surface area contributed by atoms with Crippen molar-refractivity contribution in [2.45, 2.75) is 4.90 Å². The molecule has 3 heterocycles. The van der Waals surface area contributed by atoms with Crippen LogP contribution < -0.4 is 0 Å². The second-order valence-electron chi connectivity index (χ2n) is 8.82. The lowest BCUT2D eigenvalue weighted by Crippen LogP contribution is -2.50. The van der Waals surface area contributed by atoms with Gasteiger partial charge in [-0.1, -0.05) is 66.7 Å². The quantitative estimate of drug-likeness (QED) is 0.396. The molecule has 0 unspecified atom stereocenters. The lowest BCUT2D eigenvalue weighted by Gasteiger charge is -2.33. The first-order chi connectivity index (χ1) is 17.5. The lowest BCUT2D eigenvalue weighted by molar-refractivity contribution is 0.0692. The van der Waals surface area contributed by atoms with Gasteiger partial charge in [-0.2, -0.15) is 4.31 Å². The Kier molecular flexibility index (Phi) is 5.55. The summed E-state index contributed by atoms with van der Waals surface area (Å²) in [6.07, 6.45) is 0. The molecular weight excluding hydrogens is 472 g/mol. The van der Waals surface area contributed by atoms with Gasteiger partial charge in [0.2, 0.25) is 10.0 Å². The van der Waals surface area contributed by atoms with E-state index in [-0.39, 0.29) is 23.9 Å². The number of aromatic nitrogens is 2. The van der Waals surface area contributed by atoms with Gasteiger partial charge in [0, 0.05) is 48.0 Å². The van der Waals surface area contributed by atoms with E-state index in [4.69, 9.17) is 4.98 Å².